The van der Waals surface area contributed by atoms with E-state index in [4.69, 9.17) is 10.2 Å². The first-order chi connectivity index (χ1) is 14.3. The fourth-order valence-electron chi connectivity index (χ4n) is 3.74. The van der Waals surface area contributed by atoms with E-state index < -0.39 is 17.9 Å². The predicted molar refractivity (Wildman–Crippen MR) is 115 cm³/mol. The third kappa shape index (κ3) is 17.0. The highest BCUT2D eigenvalue weighted by Gasteiger charge is 2.25. The van der Waals surface area contributed by atoms with Gasteiger partial charge < -0.3 is 24.6 Å². The van der Waals surface area contributed by atoms with E-state index in [9.17, 15) is 19.5 Å². The number of quaternary nitrogens is 1. The summed E-state index contributed by atoms with van der Waals surface area (Å²) in [6.45, 7) is 5.59. The van der Waals surface area contributed by atoms with E-state index in [2.05, 4.69) is 19.1 Å². The Hall–Kier alpha value is -1.89. The minimum absolute atomic E-state index is 0.0505. The SMILES string of the molecule is CCCC/C=C\CC[N+](CCCCC(=O)[O-])(CCCCC(=O)O)CCCCC(=O)O. The molecule has 0 aromatic carbocycles. The molecule has 0 rings (SSSR count). The number of aliphatic carboxylic acids is 3. The molecule has 0 spiro atoms. The summed E-state index contributed by atoms with van der Waals surface area (Å²) < 4.78 is 0.796. The maximum atomic E-state index is 10.8. The molecule has 7 heteroatoms. The number of carbonyl (C=O) groups excluding carboxylic acids is 1. The van der Waals surface area contributed by atoms with Crippen molar-refractivity contribution < 1.29 is 34.2 Å². The smallest absolute Gasteiger partial charge is 0.303 e. The number of hydrogen-bond acceptors (Lipinski definition) is 4. The first-order valence-electron chi connectivity index (χ1n) is 11.4. The number of carbonyl (C=O) groups is 3. The summed E-state index contributed by atoms with van der Waals surface area (Å²) in [4.78, 5) is 32.4. The van der Waals surface area contributed by atoms with Crippen molar-refractivity contribution in [2.24, 2.45) is 0 Å². The van der Waals surface area contributed by atoms with Gasteiger partial charge in [0.15, 0.2) is 0 Å². The molecule has 0 aromatic heterocycles. The van der Waals surface area contributed by atoms with Gasteiger partial charge in [-0.05, 0) is 51.4 Å². The topological polar surface area (TPSA) is 115 Å². The minimum Gasteiger partial charge on any atom is -0.550 e. The first kappa shape index (κ1) is 28.1. The monoisotopic (exact) mass is 427 g/mol. The van der Waals surface area contributed by atoms with Crippen LogP contribution in [0, 0.1) is 0 Å². The molecule has 0 saturated carbocycles. The van der Waals surface area contributed by atoms with Crippen molar-refractivity contribution >= 4 is 17.9 Å². The van der Waals surface area contributed by atoms with Crippen LogP contribution in [0.5, 0.6) is 0 Å². The number of unbranched alkanes of at least 4 members (excludes halogenated alkanes) is 5. The van der Waals surface area contributed by atoms with Gasteiger partial charge in [-0.1, -0.05) is 31.9 Å². The predicted octanol–water partition coefficient (Wildman–Crippen LogP) is 3.37. The fraction of sp³-hybridized carbons (Fsp3) is 0.783. The second-order valence-corrected chi connectivity index (χ2v) is 8.17. The van der Waals surface area contributed by atoms with E-state index in [-0.39, 0.29) is 19.3 Å². The average molecular weight is 428 g/mol. The zero-order valence-electron chi connectivity index (χ0n) is 18.7. The summed E-state index contributed by atoms with van der Waals surface area (Å²) in [5, 5.41) is 28.5. The van der Waals surface area contributed by atoms with Crippen LogP contribution in [0.15, 0.2) is 12.2 Å². The zero-order chi connectivity index (χ0) is 22.7. The normalized spacial score (nSPS) is 11.8. The molecule has 0 aliphatic carbocycles. The Morgan fingerprint density at radius 1 is 0.700 bits per heavy atom. The molecule has 0 aliphatic heterocycles. The van der Waals surface area contributed by atoms with Gasteiger partial charge >= 0.3 is 11.9 Å². The van der Waals surface area contributed by atoms with E-state index in [1.54, 1.807) is 0 Å². The van der Waals surface area contributed by atoms with E-state index in [1.165, 1.54) is 6.42 Å². The Kier molecular flexibility index (Phi) is 16.8. The highest BCUT2D eigenvalue weighted by atomic mass is 16.4. The summed E-state index contributed by atoms with van der Waals surface area (Å²) in [5.74, 6) is -2.61. The number of carboxylic acid groups (broad SMARTS) is 3. The van der Waals surface area contributed by atoms with Gasteiger partial charge in [0.2, 0.25) is 0 Å². The first-order valence-corrected chi connectivity index (χ1v) is 11.4. The zero-order valence-corrected chi connectivity index (χ0v) is 18.7. The van der Waals surface area contributed by atoms with Gasteiger partial charge in [0.25, 0.3) is 0 Å². The Bertz CT molecular complexity index is 463. The molecule has 0 aromatic rings. The van der Waals surface area contributed by atoms with Crippen LogP contribution in [-0.2, 0) is 14.4 Å². The average Bonchev–Trinajstić information content (AvgIpc) is 2.68. The summed E-state index contributed by atoms with van der Waals surface area (Å²) in [7, 11) is 0. The van der Waals surface area contributed by atoms with E-state index in [1.807, 2.05) is 0 Å². The summed E-state index contributed by atoms with van der Waals surface area (Å²) in [5.41, 5.74) is 0. The lowest BCUT2D eigenvalue weighted by Crippen LogP contribution is -2.50. The molecule has 7 nitrogen and oxygen atoms in total. The molecule has 0 amide bonds. The Labute approximate surface area is 181 Å². The van der Waals surface area contributed by atoms with Crippen molar-refractivity contribution in [1.82, 2.24) is 0 Å². The third-order valence-electron chi connectivity index (χ3n) is 5.47. The Balaban J connectivity index is 4.97. The fourth-order valence-corrected chi connectivity index (χ4v) is 3.74. The molecule has 2 N–H and O–H groups in total. The summed E-state index contributed by atoms with van der Waals surface area (Å²) in [6.07, 6.45) is 13.3. The summed E-state index contributed by atoms with van der Waals surface area (Å²) >= 11 is 0. The standard InChI is InChI=1S/C23H41NO6/c1-2-3-4-5-6-10-17-24(18-11-7-14-21(25)26,19-12-8-15-22(27)28)20-13-9-16-23(29)30/h5-6H,2-4,7-20H2,1H3,(H2-,25,26,27,28,29,30)/b6-5-. The molecule has 0 heterocycles. The molecule has 0 unspecified atom stereocenters. The van der Waals surface area contributed by atoms with Crippen LogP contribution in [0.4, 0.5) is 0 Å². The van der Waals surface area contributed by atoms with E-state index in [0.717, 1.165) is 69.2 Å². The van der Waals surface area contributed by atoms with Gasteiger partial charge in [-0.2, -0.15) is 0 Å². The van der Waals surface area contributed by atoms with Gasteiger partial charge in [-0.3, -0.25) is 9.59 Å². The van der Waals surface area contributed by atoms with Crippen molar-refractivity contribution in [3.8, 4) is 0 Å². The lowest BCUT2D eigenvalue weighted by Gasteiger charge is -2.39. The highest BCUT2D eigenvalue weighted by molar-refractivity contribution is 5.66. The van der Waals surface area contributed by atoms with Crippen LogP contribution in [0.3, 0.4) is 0 Å². The van der Waals surface area contributed by atoms with Crippen molar-refractivity contribution in [3.05, 3.63) is 12.2 Å². The highest BCUT2D eigenvalue weighted by Crippen LogP contribution is 2.18. The van der Waals surface area contributed by atoms with Crippen molar-refractivity contribution in [1.29, 1.82) is 0 Å². The molecular formula is C23H41NO6. The van der Waals surface area contributed by atoms with Crippen molar-refractivity contribution in [3.63, 3.8) is 0 Å². The van der Waals surface area contributed by atoms with Crippen LogP contribution < -0.4 is 5.11 Å². The molecule has 30 heavy (non-hydrogen) atoms. The quantitative estimate of drug-likeness (QED) is 0.165. The lowest BCUT2D eigenvalue weighted by atomic mass is 10.1. The third-order valence-corrected chi connectivity index (χ3v) is 5.47. The van der Waals surface area contributed by atoms with Gasteiger partial charge in [0.05, 0.1) is 26.2 Å². The number of nitrogens with zero attached hydrogens (tertiary/aromatic N) is 1. The van der Waals surface area contributed by atoms with Gasteiger partial charge in [-0.15, -0.1) is 0 Å². The molecule has 174 valence electrons. The lowest BCUT2D eigenvalue weighted by molar-refractivity contribution is -0.928. The second kappa shape index (κ2) is 17.9. The largest absolute Gasteiger partial charge is 0.550 e. The molecule has 0 atom stereocenters. The number of allylic oxidation sites excluding steroid dienone is 1. The Morgan fingerprint density at radius 3 is 1.60 bits per heavy atom. The maximum absolute atomic E-state index is 10.8. The second-order valence-electron chi connectivity index (χ2n) is 8.17. The number of hydrogen-bond donors (Lipinski definition) is 2. The van der Waals surface area contributed by atoms with Gasteiger partial charge in [-0.25, -0.2) is 0 Å². The minimum atomic E-state index is -1.03. The van der Waals surface area contributed by atoms with Crippen LogP contribution in [-0.4, -0.2) is 58.8 Å². The Morgan fingerprint density at radius 2 is 1.17 bits per heavy atom. The molecule has 0 fully saturated rings. The van der Waals surface area contributed by atoms with E-state index in [0.29, 0.717) is 19.3 Å². The molecule has 0 bridgehead atoms. The van der Waals surface area contributed by atoms with Crippen LogP contribution in [0.25, 0.3) is 0 Å². The van der Waals surface area contributed by atoms with E-state index >= 15 is 0 Å². The van der Waals surface area contributed by atoms with Crippen molar-refractivity contribution in [2.45, 2.75) is 90.4 Å². The summed E-state index contributed by atoms with van der Waals surface area (Å²) in [6, 6.07) is 0. The van der Waals surface area contributed by atoms with Crippen LogP contribution in [0.1, 0.15) is 90.4 Å². The molecule has 0 saturated heterocycles. The van der Waals surface area contributed by atoms with Crippen LogP contribution >= 0.6 is 0 Å². The molecule has 0 radical (unpaired) electrons. The van der Waals surface area contributed by atoms with Crippen molar-refractivity contribution in [2.75, 3.05) is 26.2 Å². The van der Waals surface area contributed by atoms with Gasteiger partial charge in [0, 0.05) is 25.2 Å². The molecular weight excluding hydrogens is 386 g/mol. The number of rotatable bonds is 21. The molecule has 0 aliphatic rings. The van der Waals surface area contributed by atoms with Gasteiger partial charge in [0.1, 0.15) is 0 Å². The van der Waals surface area contributed by atoms with Crippen LogP contribution in [0.2, 0.25) is 0 Å². The maximum Gasteiger partial charge on any atom is 0.303 e. The number of carboxylic acids is 3.